The van der Waals surface area contributed by atoms with Gasteiger partial charge >= 0.3 is 0 Å². The highest BCUT2D eigenvalue weighted by Gasteiger charge is 2.11. The van der Waals surface area contributed by atoms with Crippen LogP contribution in [0.25, 0.3) is 0 Å². The number of benzene rings is 1. The predicted molar refractivity (Wildman–Crippen MR) is 75.9 cm³/mol. The van der Waals surface area contributed by atoms with Crippen molar-refractivity contribution in [1.82, 2.24) is 5.16 Å². The number of nitro groups is 1. The summed E-state index contributed by atoms with van der Waals surface area (Å²) in [5, 5.41) is 20.8. The van der Waals surface area contributed by atoms with Crippen molar-refractivity contribution in [3.63, 3.8) is 0 Å². The average Bonchev–Trinajstić information content (AvgIpc) is 2.75. The van der Waals surface area contributed by atoms with E-state index in [4.69, 9.17) is 4.52 Å². The van der Waals surface area contributed by atoms with E-state index < -0.39 is 4.92 Å². The zero-order chi connectivity index (χ0) is 14.7. The fourth-order valence-corrected chi connectivity index (χ4v) is 1.91. The van der Waals surface area contributed by atoms with Gasteiger partial charge in [-0.05, 0) is 19.9 Å². The zero-order valence-corrected chi connectivity index (χ0v) is 11.6. The van der Waals surface area contributed by atoms with E-state index in [2.05, 4.69) is 15.8 Å². The van der Waals surface area contributed by atoms with Gasteiger partial charge in [0.2, 0.25) is 0 Å². The summed E-state index contributed by atoms with van der Waals surface area (Å²) in [5.74, 6) is 0.745. The lowest BCUT2D eigenvalue weighted by atomic mass is 10.2. The standard InChI is InChI=1S/C13H16N4O3/c1-8-13(9(2)20-16-8)7-15-11-4-10(14-3)5-12(6-11)17(18)19/h4-6,14-15H,7H2,1-3H3. The molecule has 0 saturated heterocycles. The number of hydrogen-bond donors (Lipinski definition) is 2. The maximum atomic E-state index is 10.9. The summed E-state index contributed by atoms with van der Waals surface area (Å²) in [6.07, 6.45) is 0. The first kappa shape index (κ1) is 13.9. The van der Waals surface area contributed by atoms with Crippen LogP contribution in [0.3, 0.4) is 0 Å². The number of aromatic nitrogens is 1. The summed E-state index contributed by atoms with van der Waals surface area (Å²) in [4.78, 5) is 10.5. The van der Waals surface area contributed by atoms with E-state index in [1.807, 2.05) is 19.9 Å². The van der Waals surface area contributed by atoms with E-state index >= 15 is 0 Å². The van der Waals surface area contributed by atoms with Crippen LogP contribution < -0.4 is 10.6 Å². The van der Waals surface area contributed by atoms with E-state index in [0.29, 0.717) is 17.9 Å². The summed E-state index contributed by atoms with van der Waals surface area (Å²) in [6, 6.07) is 4.80. The lowest BCUT2D eigenvalue weighted by Gasteiger charge is -2.08. The Morgan fingerprint density at radius 3 is 2.55 bits per heavy atom. The topological polar surface area (TPSA) is 93.2 Å². The zero-order valence-electron chi connectivity index (χ0n) is 11.6. The monoisotopic (exact) mass is 276 g/mol. The number of nitrogens with one attached hydrogen (secondary N) is 2. The van der Waals surface area contributed by atoms with Crippen molar-refractivity contribution in [1.29, 1.82) is 0 Å². The minimum absolute atomic E-state index is 0.0399. The summed E-state index contributed by atoms with van der Waals surface area (Å²) in [5.41, 5.74) is 3.17. The molecule has 7 heteroatoms. The van der Waals surface area contributed by atoms with E-state index in [0.717, 1.165) is 17.0 Å². The minimum atomic E-state index is -0.415. The van der Waals surface area contributed by atoms with Gasteiger partial charge in [-0.2, -0.15) is 0 Å². The molecule has 0 aliphatic heterocycles. The van der Waals surface area contributed by atoms with Gasteiger partial charge in [0.1, 0.15) is 5.76 Å². The lowest BCUT2D eigenvalue weighted by Crippen LogP contribution is -2.03. The molecule has 1 aromatic carbocycles. The van der Waals surface area contributed by atoms with Gasteiger partial charge in [-0.15, -0.1) is 0 Å². The van der Waals surface area contributed by atoms with Crippen molar-refractivity contribution in [2.75, 3.05) is 17.7 Å². The van der Waals surface area contributed by atoms with Gasteiger partial charge in [0.15, 0.2) is 0 Å². The second-order valence-corrected chi connectivity index (χ2v) is 4.43. The average molecular weight is 276 g/mol. The van der Waals surface area contributed by atoms with E-state index in [9.17, 15) is 10.1 Å². The van der Waals surface area contributed by atoms with Crippen molar-refractivity contribution in [3.8, 4) is 0 Å². The van der Waals surface area contributed by atoms with E-state index in [1.165, 1.54) is 12.1 Å². The smallest absolute Gasteiger partial charge is 0.273 e. The number of rotatable bonds is 5. The molecule has 0 radical (unpaired) electrons. The summed E-state index contributed by atoms with van der Waals surface area (Å²) in [7, 11) is 1.72. The lowest BCUT2D eigenvalue weighted by molar-refractivity contribution is -0.384. The van der Waals surface area contributed by atoms with Crippen LogP contribution in [-0.2, 0) is 6.54 Å². The molecule has 0 saturated carbocycles. The Bertz CT molecular complexity index is 617. The fourth-order valence-electron chi connectivity index (χ4n) is 1.91. The second kappa shape index (κ2) is 5.60. The molecule has 2 N–H and O–H groups in total. The molecule has 1 heterocycles. The first-order valence-electron chi connectivity index (χ1n) is 6.14. The highest BCUT2D eigenvalue weighted by atomic mass is 16.6. The number of nitrogens with zero attached hydrogens (tertiary/aromatic N) is 2. The van der Waals surface area contributed by atoms with Crippen molar-refractivity contribution in [3.05, 3.63) is 45.3 Å². The number of hydrogen-bond acceptors (Lipinski definition) is 6. The van der Waals surface area contributed by atoms with Crippen LogP contribution >= 0.6 is 0 Å². The SMILES string of the molecule is CNc1cc(NCc2c(C)noc2C)cc([N+](=O)[O-])c1. The Hall–Kier alpha value is -2.57. The Morgan fingerprint density at radius 2 is 2.00 bits per heavy atom. The Labute approximate surface area is 116 Å². The molecule has 0 spiro atoms. The number of aryl methyl sites for hydroxylation is 2. The Morgan fingerprint density at radius 1 is 1.30 bits per heavy atom. The van der Waals surface area contributed by atoms with Crippen LogP contribution in [0.1, 0.15) is 17.0 Å². The highest BCUT2D eigenvalue weighted by Crippen LogP contribution is 2.25. The molecule has 2 aromatic rings. The number of non-ortho nitro benzene ring substituents is 1. The minimum Gasteiger partial charge on any atom is -0.388 e. The first-order chi connectivity index (χ1) is 9.51. The molecule has 1 aromatic heterocycles. The van der Waals surface area contributed by atoms with Crippen LogP contribution in [0.4, 0.5) is 17.1 Å². The van der Waals surface area contributed by atoms with Crippen LogP contribution in [0.15, 0.2) is 22.7 Å². The van der Waals surface area contributed by atoms with Crippen molar-refractivity contribution >= 4 is 17.1 Å². The first-order valence-corrected chi connectivity index (χ1v) is 6.14. The van der Waals surface area contributed by atoms with Crippen LogP contribution in [0, 0.1) is 24.0 Å². The molecule has 0 aliphatic carbocycles. The van der Waals surface area contributed by atoms with Gasteiger partial charge in [-0.1, -0.05) is 5.16 Å². The van der Waals surface area contributed by atoms with Crippen molar-refractivity contribution in [2.45, 2.75) is 20.4 Å². The quantitative estimate of drug-likeness (QED) is 0.644. The van der Waals surface area contributed by atoms with E-state index in [-0.39, 0.29) is 5.69 Å². The maximum Gasteiger partial charge on any atom is 0.273 e. The molecule has 0 amide bonds. The molecule has 20 heavy (non-hydrogen) atoms. The number of nitro benzene ring substituents is 1. The summed E-state index contributed by atoms with van der Waals surface area (Å²) >= 11 is 0. The molecule has 0 atom stereocenters. The largest absolute Gasteiger partial charge is 0.388 e. The van der Waals surface area contributed by atoms with Gasteiger partial charge in [0.25, 0.3) is 5.69 Å². The summed E-state index contributed by atoms with van der Waals surface area (Å²) < 4.78 is 5.08. The Kier molecular flexibility index (Phi) is 3.88. The second-order valence-electron chi connectivity index (χ2n) is 4.43. The van der Waals surface area contributed by atoms with Gasteiger partial charge in [0, 0.05) is 42.7 Å². The number of anilines is 2. The van der Waals surface area contributed by atoms with Gasteiger partial charge < -0.3 is 15.2 Å². The van der Waals surface area contributed by atoms with Gasteiger partial charge in [-0.3, -0.25) is 10.1 Å². The Balaban J connectivity index is 2.21. The molecule has 106 valence electrons. The van der Waals surface area contributed by atoms with Crippen molar-refractivity contribution < 1.29 is 9.45 Å². The van der Waals surface area contributed by atoms with Crippen molar-refractivity contribution in [2.24, 2.45) is 0 Å². The predicted octanol–water partition coefficient (Wildman–Crippen LogP) is 2.85. The molecule has 0 fully saturated rings. The molecule has 0 bridgehead atoms. The van der Waals surface area contributed by atoms with Crippen LogP contribution in [-0.4, -0.2) is 17.1 Å². The van der Waals surface area contributed by atoms with Gasteiger partial charge in [-0.25, -0.2) is 0 Å². The summed E-state index contributed by atoms with van der Waals surface area (Å²) in [6.45, 7) is 4.20. The fraction of sp³-hybridized carbons (Fsp3) is 0.308. The molecular formula is C13H16N4O3. The third-order valence-corrected chi connectivity index (χ3v) is 3.07. The third-order valence-electron chi connectivity index (χ3n) is 3.07. The molecule has 2 rings (SSSR count). The molecular weight excluding hydrogens is 260 g/mol. The van der Waals surface area contributed by atoms with Crippen LogP contribution in [0.5, 0.6) is 0 Å². The van der Waals surface area contributed by atoms with Gasteiger partial charge in [0.05, 0.1) is 10.6 Å². The molecule has 7 nitrogen and oxygen atoms in total. The molecule has 0 aliphatic rings. The third kappa shape index (κ3) is 2.87. The van der Waals surface area contributed by atoms with E-state index in [1.54, 1.807) is 7.05 Å². The highest BCUT2D eigenvalue weighted by molar-refractivity contribution is 5.63. The molecule has 0 unspecified atom stereocenters. The van der Waals surface area contributed by atoms with Crippen LogP contribution in [0.2, 0.25) is 0 Å². The maximum absolute atomic E-state index is 10.9. The normalized spacial score (nSPS) is 10.3.